The molecule has 0 saturated carbocycles. The number of carbonyl (C=O) groups excluding carboxylic acids is 1. The van der Waals surface area contributed by atoms with Crippen molar-refractivity contribution < 1.29 is 4.79 Å². The predicted molar refractivity (Wildman–Crippen MR) is 86.4 cm³/mol. The van der Waals surface area contributed by atoms with Crippen molar-refractivity contribution in [1.82, 2.24) is 20.0 Å². The molecule has 2 unspecified atom stereocenters. The molecule has 0 aromatic heterocycles. The van der Waals surface area contributed by atoms with Gasteiger partial charge < -0.3 is 15.1 Å². The minimum Gasteiger partial charge on any atom is -0.341 e. The van der Waals surface area contributed by atoms with E-state index < -0.39 is 0 Å². The molecule has 21 heavy (non-hydrogen) atoms. The van der Waals surface area contributed by atoms with Crippen molar-refractivity contribution in [3.8, 4) is 0 Å². The van der Waals surface area contributed by atoms with Gasteiger partial charge in [0, 0.05) is 45.3 Å². The molecule has 2 aliphatic rings. The molecule has 0 aromatic carbocycles. The first-order chi connectivity index (χ1) is 10.1. The number of nitrogens with one attached hydrogen (secondary N) is 1. The highest BCUT2D eigenvalue weighted by Crippen LogP contribution is 2.11. The van der Waals surface area contributed by atoms with E-state index >= 15 is 0 Å². The first-order valence-corrected chi connectivity index (χ1v) is 8.49. The smallest absolute Gasteiger partial charge is 0.239 e. The summed E-state index contributed by atoms with van der Waals surface area (Å²) in [6, 6.07) is 0.437. The number of likely N-dealkylation sites (N-methyl/N-ethyl adjacent to an activating group) is 2. The molecule has 2 atom stereocenters. The second-order valence-electron chi connectivity index (χ2n) is 6.77. The van der Waals surface area contributed by atoms with Gasteiger partial charge in [-0.2, -0.15) is 0 Å². The highest BCUT2D eigenvalue weighted by molar-refractivity contribution is 5.81. The number of carbonyl (C=O) groups is 1. The van der Waals surface area contributed by atoms with Crippen molar-refractivity contribution in [2.24, 2.45) is 0 Å². The van der Waals surface area contributed by atoms with Crippen molar-refractivity contribution >= 4 is 5.91 Å². The molecule has 0 aromatic rings. The van der Waals surface area contributed by atoms with Crippen LogP contribution >= 0.6 is 0 Å². The maximum atomic E-state index is 12.5. The first kappa shape index (κ1) is 16.7. The standard InChI is InChI=1S/C16H32N4O/c1-14(16(21)20-8-6-4-5-7-9-20)17-12-15-13-18(2)10-11-19(15)3/h14-15,17H,4-13H2,1-3H3. The summed E-state index contributed by atoms with van der Waals surface area (Å²) in [5, 5.41) is 3.46. The van der Waals surface area contributed by atoms with Crippen LogP contribution in [0.25, 0.3) is 0 Å². The molecule has 2 rings (SSSR count). The summed E-state index contributed by atoms with van der Waals surface area (Å²) >= 11 is 0. The number of amides is 1. The van der Waals surface area contributed by atoms with Crippen LogP contribution in [-0.2, 0) is 4.79 Å². The number of likely N-dealkylation sites (tertiary alicyclic amines) is 1. The second-order valence-corrected chi connectivity index (χ2v) is 6.77. The van der Waals surface area contributed by atoms with Crippen LogP contribution in [0.5, 0.6) is 0 Å². The number of rotatable bonds is 4. The van der Waals surface area contributed by atoms with E-state index in [1.54, 1.807) is 0 Å². The molecule has 0 spiro atoms. The molecule has 2 heterocycles. The predicted octanol–water partition coefficient (Wildman–Crippen LogP) is 0.613. The number of nitrogens with zero attached hydrogens (tertiary/aromatic N) is 3. The van der Waals surface area contributed by atoms with Gasteiger partial charge in [-0.15, -0.1) is 0 Å². The maximum Gasteiger partial charge on any atom is 0.239 e. The van der Waals surface area contributed by atoms with Gasteiger partial charge in [-0.05, 0) is 33.9 Å². The monoisotopic (exact) mass is 296 g/mol. The van der Waals surface area contributed by atoms with Gasteiger partial charge in [0.1, 0.15) is 0 Å². The average molecular weight is 296 g/mol. The van der Waals surface area contributed by atoms with Crippen LogP contribution in [0.4, 0.5) is 0 Å². The lowest BCUT2D eigenvalue weighted by atomic mass is 10.1. The Labute approximate surface area is 129 Å². The van der Waals surface area contributed by atoms with Gasteiger partial charge >= 0.3 is 0 Å². The van der Waals surface area contributed by atoms with Crippen LogP contribution in [0, 0.1) is 0 Å². The molecular weight excluding hydrogens is 264 g/mol. The number of piperazine rings is 1. The molecular formula is C16H32N4O. The molecule has 5 heteroatoms. The first-order valence-electron chi connectivity index (χ1n) is 8.49. The van der Waals surface area contributed by atoms with Gasteiger partial charge in [0.15, 0.2) is 0 Å². The van der Waals surface area contributed by atoms with E-state index in [-0.39, 0.29) is 11.9 Å². The lowest BCUT2D eigenvalue weighted by Gasteiger charge is -2.38. The third-order valence-electron chi connectivity index (χ3n) is 4.93. The van der Waals surface area contributed by atoms with Gasteiger partial charge in [-0.3, -0.25) is 9.69 Å². The fourth-order valence-electron chi connectivity index (χ4n) is 3.29. The Balaban J connectivity index is 1.77. The fraction of sp³-hybridized carbons (Fsp3) is 0.938. The summed E-state index contributed by atoms with van der Waals surface area (Å²) in [5.41, 5.74) is 0. The van der Waals surface area contributed by atoms with E-state index in [1.807, 2.05) is 6.92 Å². The van der Waals surface area contributed by atoms with E-state index in [2.05, 4.69) is 34.1 Å². The van der Waals surface area contributed by atoms with E-state index in [4.69, 9.17) is 0 Å². The zero-order valence-electron chi connectivity index (χ0n) is 14.0. The topological polar surface area (TPSA) is 38.8 Å². The Morgan fingerprint density at radius 3 is 2.43 bits per heavy atom. The summed E-state index contributed by atoms with van der Waals surface area (Å²) < 4.78 is 0. The zero-order chi connectivity index (χ0) is 15.2. The summed E-state index contributed by atoms with van der Waals surface area (Å²) in [7, 11) is 4.35. The molecule has 2 fully saturated rings. The van der Waals surface area contributed by atoms with Crippen molar-refractivity contribution in [1.29, 1.82) is 0 Å². The SMILES string of the molecule is CC(NCC1CN(C)CCN1C)C(=O)N1CCCCCC1. The maximum absolute atomic E-state index is 12.5. The van der Waals surface area contributed by atoms with Crippen molar-refractivity contribution in [3.05, 3.63) is 0 Å². The summed E-state index contributed by atoms with van der Waals surface area (Å²) in [4.78, 5) is 19.3. The Bertz CT molecular complexity index is 328. The van der Waals surface area contributed by atoms with Crippen LogP contribution in [0.15, 0.2) is 0 Å². The zero-order valence-corrected chi connectivity index (χ0v) is 14.0. The summed E-state index contributed by atoms with van der Waals surface area (Å²) in [6.45, 7) is 8.11. The highest BCUT2D eigenvalue weighted by atomic mass is 16.2. The molecule has 0 radical (unpaired) electrons. The number of hydrogen-bond donors (Lipinski definition) is 1. The van der Waals surface area contributed by atoms with E-state index in [1.165, 1.54) is 12.8 Å². The minimum absolute atomic E-state index is 0.0660. The largest absolute Gasteiger partial charge is 0.341 e. The Morgan fingerprint density at radius 2 is 1.76 bits per heavy atom. The molecule has 1 amide bonds. The highest BCUT2D eigenvalue weighted by Gasteiger charge is 2.25. The molecule has 0 bridgehead atoms. The quantitative estimate of drug-likeness (QED) is 0.825. The van der Waals surface area contributed by atoms with Crippen molar-refractivity contribution in [2.45, 2.75) is 44.7 Å². The van der Waals surface area contributed by atoms with Crippen molar-refractivity contribution in [2.75, 3.05) is 53.4 Å². The van der Waals surface area contributed by atoms with Crippen LogP contribution < -0.4 is 5.32 Å². The Hall–Kier alpha value is -0.650. The van der Waals surface area contributed by atoms with Gasteiger partial charge in [0.2, 0.25) is 5.91 Å². The van der Waals surface area contributed by atoms with Gasteiger partial charge in [-0.25, -0.2) is 0 Å². The lowest BCUT2D eigenvalue weighted by molar-refractivity contribution is -0.133. The lowest BCUT2D eigenvalue weighted by Crippen LogP contribution is -2.56. The molecule has 2 aliphatic heterocycles. The number of hydrogen-bond acceptors (Lipinski definition) is 4. The normalized spacial score (nSPS) is 27.4. The Kier molecular flexibility index (Phi) is 6.45. The summed E-state index contributed by atoms with van der Waals surface area (Å²) in [6.07, 6.45) is 4.86. The average Bonchev–Trinajstić information content (AvgIpc) is 2.76. The third kappa shape index (κ3) is 4.94. The van der Waals surface area contributed by atoms with Crippen LogP contribution in [0.3, 0.4) is 0 Å². The molecule has 122 valence electrons. The van der Waals surface area contributed by atoms with Gasteiger partial charge in [0.25, 0.3) is 0 Å². The van der Waals surface area contributed by atoms with E-state index in [9.17, 15) is 4.79 Å². The van der Waals surface area contributed by atoms with Crippen LogP contribution in [0.2, 0.25) is 0 Å². The molecule has 2 saturated heterocycles. The van der Waals surface area contributed by atoms with Gasteiger partial charge in [-0.1, -0.05) is 12.8 Å². The second kappa shape index (κ2) is 8.11. The minimum atomic E-state index is -0.0660. The fourth-order valence-corrected chi connectivity index (χ4v) is 3.29. The summed E-state index contributed by atoms with van der Waals surface area (Å²) in [5.74, 6) is 0.281. The van der Waals surface area contributed by atoms with Crippen LogP contribution in [0.1, 0.15) is 32.6 Å². The third-order valence-corrected chi connectivity index (χ3v) is 4.93. The molecule has 0 aliphatic carbocycles. The Morgan fingerprint density at radius 1 is 1.10 bits per heavy atom. The van der Waals surface area contributed by atoms with Crippen LogP contribution in [-0.4, -0.2) is 86.1 Å². The molecule has 1 N–H and O–H groups in total. The van der Waals surface area contributed by atoms with Gasteiger partial charge in [0.05, 0.1) is 6.04 Å². The van der Waals surface area contributed by atoms with E-state index in [0.29, 0.717) is 6.04 Å². The van der Waals surface area contributed by atoms with Crippen molar-refractivity contribution in [3.63, 3.8) is 0 Å². The molecule has 5 nitrogen and oxygen atoms in total. The van der Waals surface area contributed by atoms with E-state index in [0.717, 1.165) is 52.1 Å².